The molecule has 0 radical (unpaired) electrons. The summed E-state index contributed by atoms with van der Waals surface area (Å²) >= 11 is 0. The highest BCUT2D eigenvalue weighted by molar-refractivity contribution is 5.76. The van der Waals surface area contributed by atoms with E-state index in [1.54, 1.807) is 0 Å². The van der Waals surface area contributed by atoms with Gasteiger partial charge in [0.15, 0.2) is 0 Å². The predicted molar refractivity (Wildman–Crippen MR) is 72.2 cm³/mol. The highest BCUT2D eigenvalue weighted by atomic mass is 16.5. The second kappa shape index (κ2) is 7.76. The Hall–Kier alpha value is -1.59. The number of carbonyl (C=O) groups excluding carboxylic acids is 1. The summed E-state index contributed by atoms with van der Waals surface area (Å²) in [5.41, 5.74) is 2.11. The van der Waals surface area contributed by atoms with Crippen molar-refractivity contribution in [3.8, 4) is 5.75 Å². The normalized spacial score (nSPS) is 12.0. The van der Waals surface area contributed by atoms with E-state index in [2.05, 4.69) is 5.32 Å². The minimum absolute atomic E-state index is 0.0622. The summed E-state index contributed by atoms with van der Waals surface area (Å²) in [7, 11) is 0. The Kier molecular flexibility index (Phi) is 6.32. The van der Waals surface area contributed by atoms with Crippen LogP contribution in [0.1, 0.15) is 18.1 Å². The van der Waals surface area contributed by atoms with Gasteiger partial charge in [-0.2, -0.15) is 0 Å². The maximum absolute atomic E-state index is 10.8. The van der Waals surface area contributed by atoms with E-state index >= 15 is 0 Å². The fourth-order valence-corrected chi connectivity index (χ4v) is 1.72. The maximum Gasteiger partial charge on any atom is 0.245 e. The molecule has 0 bridgehead atoms. The first-order chi connectivity index (χ1) is 9.08. The molecule has 1 amide bonds. The fourth-order valence-electron chi connectivity index (χ4n) is 1.72. The number of aryl methyl sites for hydroxylation is 2. The van der Waals surface area contributed by atoms with E-state index < -0.39 is 18.6 Å². The lowest BCUT2D eigenvalue weighted by atomic mass is 10.1. The molecule has 0 heterocycles. The lowest BCUT2D eigenvalue weighted by Crippen LogP contribution is -2.36. The zero-order valence-electron chi connectivity index (χ0n) is 11.3. The van der Waals surface area contributed by atoms with Crippen LogP contribution in [-0.4, -0.2) is 42.0 Å². The second-order valence-corrected chi connectivity index (χ2v) is 4.34. The summed E-state index contributed by atoms with van der Waals surface area (Å²) < 4.78 is 5.62. The average molecular weight is 267 g/mol. The molecule has 19 heavy (non-hydrogen) atoms. The first kappa shape index (κ1) is 15.5. The molecule has 0 fully saturated rings. The monoisotopic (exact) mass is 267 g/mol. The van der Waals surface area contributed by atoms with E-state index in [4.69, 9.17) is 9.84 Å². The maximum atomic E-state index is 10.8. The molecule has 3 N–H and O–H groups in total. The SMILES string of the molecule is CCc1cccc(C)c1OC[C@@H](O)CNC(=O)CO. The van der Waals surface area contributed by atoms with E-state index in [-0.39, 0.29) is 13.2 Å². The van der Waals surface area contributed by atoms with Gasteiger partial charge in [-0.15, -0.1) is 0 Å². The molecule has 0 aliphatic carbocycles. The molecule has 1 aromatic rings. The molecule has 0 aliphatic rings. The molecule has 0 saturated heterocycles. The van der Waals surface area contributed by atoms with Crippen molar-refractivity contribution in [1.82, 2.24) is 5.32 Å². The number of aliphatic hydroxyl groups is 2. The molecule has 1 atom stereocenters. The van der Waals surface area contributed by atoms with Crippen LogP contribution < -0.4 is 10.1 Å². The van der Waals surface area contributed by atoms with Gasteiger partial charge in [0.1, 0.15) is 25.1 Å². The standard InChI is InChI=1S/C14H21NO4/c1-3-11-6-4-5-10(2)14(11)19-9-12(17)7-15-13(18)8-16/h4-6,12,16-17H,3,7-9H2,1-2H3,(H,15,18)/t12-/m0/s1. The lowest BCUT2D eigenvalue weighted by Gasteiger charge is -2.16. The Morgan fingerprint density at radius 1 is 1.47 bits per heavy atom. The molecule has 106 valence electrons. The van der Waals surface area contributed by atoms with Crippen molar-refractivity contribution in [3.05, 3.63) is 29.3 Å². The number of para-hydroxylation sites is 1. The van der Waals surface area contributed by atoms with Crippen LogP contribution in [0.5, 0.6) is 5.75 Å². The minimum atomic E-state index is -0.806. The zero-order chi connectivity index (χ0) is 14.3. The van der Waals surface area contributed by atoms with E-state index in [1.165, 1.54) is 0 Å². The number of aliphatic hydroxyl groups excluding tert-OH is 2. The highest BCUT2D eigenvalue weighted by Crippen LogP contribution is 2.23. The van der Waals surface area contributed by atoms with Gasteiger partial charge in [0.05, 0.1) is 0 Å². The topological polar surface area (TPSA) is 78.8 Å². The largest absolute Gasteiger partial charge is 0.490 e. The fraction of sp³-hybridized carbons (Fsp3) is 0.500. The van der Waals surface area contributed by atoms with Gasteiger partial charge in [-0.3, -0.25) is 4.79 Å². The summed E-state index contributed by atoms with van der Waals surface area (Å²) in [6.45, 7) is 3.58. The first-order valence-corrected chi connectivity index (χ1v) is 6.35. The molecular formula is C14H21NO4. The Morgan fingerprint density at radius 3 is 2.84 bits per heavy atom. The smallest absolute Gasteiger partial charge is 0.245 e. The van der Waals surface area contributed by atoms with E-state index in [0.29, 0.717) is 0 Å². The summed E-state index contributed by atoms with van der Waals surface area (Å²) in [5.74, 6) is 0.279. The van der Waals surface area contributed by atoms with Crippen LogP contribution in [0.15, 0.2) is 18.2 Å². The predicted octanol–water partition coefficient (Wildman–Crippen LogP) is 0.406. The van der Waals surface area contributed by atoms with Gasteiger partial charge in [-0.25, -0.2) is 0 Å². The van der Waals surface area contributed by atoms with E-state index in [1.807, 2.05) is 32.0 Å². The Morgan fingerprint density at radius 2 is 2.21 bits per heavy atom. The molecule has 0 aliphatic heterocycles. The first-order valence-electron chi connectivity index (χ1n) is 6.35. The molecule has 1 rings (SSSR count). The van der Waals surface area contributed by atoms with Gasteiger partial charge in [-0.1, -0.05) is 25.1 Å². The van der Waals surface area contributed by atoms with Crippen molar-refractivity contribution in [2.75, 3.05) is 19.8 Å². The van der Waals surface area contributed by atoms with E-state index in [9.17, 15) is 9.90 Å². The highest BCUT2D eigenvalue weighted by Gasteiger charge is 2.10. The summed E-state index contributed by atoms with van der Waals surface area (Å²) in [6.07, 6.45) is 0.0498. The number of carbonyl (C=O) groups is 1. The molecular weight excluding hydrogens is 246 g/mol. The third-order valence-electron chi connectivity index (χ3n) is 2.77. The van der Waals surface area contributed by atoms with Crippen LogP contribution in [0.4, 0.5) is 0 Å². The van der Waals surface area contributed by atoms with Crippen molar-refractivity contribution in [3.63, 3.8) is 0 Å². The molecule has 0 saturated carbocycles. The van der Waals surface area contributed by atoms with Crippen molar-refractivity contribution in [2.24, 2.45) is 0 Å². The van der Waals surface area contributed by atoms with Crippen molar-refractivity contribution in [1.29, 1.82) is 0 Å². The zero-order valence-corrected chi connectivity index (χ0v) is 11.3. The Labute approximate surface area is 113 Å². The number of nitrogens with one attached hydrogen (secondary N) is 1. The molecule has 0 spiro atoms. The van der Waals surface area contributed by atoms with Crippen molar-refractivity contribution in [2.45, 2.75) is 26.4 Å². The molecule has 5 heteroatoms. The van der Waals surface area contributed by atoms with Gasteiger partial charge in [0.25, 0.3) is 0 Å². The Balaban J connectivity index is 2.50. The molecule has 0 aromatic heterocycles. The quantitative estimate of drug-likeness (QED) is 0.668. The molecule has 0 unspecified atom stereocenters. The number of ether oxygens (including phenoxy) is 1. The van der Waals surface area contributed by atoms with Gasteiger partial charge in [0, 0.05) is 6.54 Å². The van der Waals surface area contributed by atoms with Gasteiger partial charge in [-0.05, 0) is 24.5 Å². The minimum Gasteiger partial charge on any atom is -0.490 e. The van der Waals surface area contributed by atoms with Crippen LogP contribution in [-0.2, 0) is 11.2 Å². The summed E-state index contributed by atoms with van der Waals surface area (Å²) in [5, 5.41) is 20.6. The van der Waals surface area contributed by atoms with Crippen LogP contribution in [0.3, 0.4) is 0 Å². The lowest BCUT2D eigenvalue weighted by molar-refractivity contribution is -0.124. The van der Waals surface area contributed by atoms with Gasteiger partial charge < -0.3 is 20.3 Å². The van der Waals surface area contributed by atoms with Crippen LogP contribution >= 0.6 is 0 Å². The van der Waals surface area contributed by atoms with Crippen molar-refractivity contribution < 1.29 is 19.7 Å². The summed E-state index contributed by atoms with van der Waals surface area (Å²) in [4.78, 5) is 10.8. The van der Waals surface area contributed by atoms with E-state index in [0.717, 1.165) is 23.3 Å². The van der Waals surface area contributed by atoms with Gasteiger partial charge in [0.2, 0.25) is 5.91 Å². The Bertz CT molecular complexity index is 420. The number of benzene rings is 1. The third-order valence-corrected chi connectivity index (χ3v) is 2.77. The second-order valence-electron chi connectivity index (χ2n) is 4.34. The van der Waals surface area contributed by atoms with Crippen LogP contribution in [0.2, 0.25) is 0 Å². The van der Waals surface area contributed by atoms with Crippen molar-refractivity contribution >= 4 is 5.91 Å². The molecule has 1 aromatic carbocycles. The number of hydrogen-bond donors (Lipinski definition) is 3. The van der Waals surface area contributed by atoms with Crippen LogP contribution in [0.25, 0.3) is 0 Å². The number of amides is 1. The molecule has 5 nitrogen and oxygen atoms in total. The third kappa shape index (κ3) is 4.89. The average Bonchev–Trinajstić information content (AvgIpc) is 2.42. The number of hydrogen-bond acceptors (Lipinski definition) is 4. The van der Waals surface area contributed by atoms with Crippen LogP contribution in [0, 0.1) is 6.92 Å². The summed E-state index contributed by atoms with van der Waals surface area (Å²) in [6, 6.07) is 5.91. The van der Waals surface area contributed by atoms with Gasteiger partial charge >= 0.3 is 0 Å². The number of rotatable bonds is 7.